The summed E-state index contributed by atoms with van der Waals surface area (Å²) in [6, 6.07) is 17.3. The minimum atomic E-state index is -3.42. The molecule has 9 heteroatoms. The molecule has 0 saturated carbocycles. The van der Waals surface area contributed by atoms with Gasteiger partial charge in [0.05, 0.1) is 11.3 Å². The molecule has 0 aliphatic carbocycles. The van der Waals surface area contributed by atoms with E-state index in [1.807, 2.05) is 54.6 Å². The number of para-hydroxylation sites is 1. The number of sulfone groups is 1. The van der Waals surface area contributed by atoms with Crippen molar-refractivity contribution < 1.29 is 13.5 Å². The molecule has 1 fully saturated rings. The number of nitrogens with one attached hydrogen (secondary N) is 3. The third-order valence-corrected chi connectivity index (χ3v) is 7.30. The van der Waals surface area contributed by atoms with Crippen LogP contribution in [0, 0.1) is 0 Å². The Balaban J connectivity index is 1.45. The van der Waals surface area contributed by atoms with E-state index >= 15 is 0 Å². The summed E-state index contributed by atoms with van der Waals surface area (Å²) >= 11 is 0. The highest BCUT2D eigenvalue weighted by Crippen LogP contribution is 2.26. The SMILES string of the molecule is CS(=O)(=O)C1NCCN(Cc2ccc3[nH]c(-c4cc5ccccc5[nH]c4=O)cc3c2)C1O. The van der Waals surface area contributed by atoms with Crippen molar-refractivity contribution in [3.05, 3.63) is 70.5 Å². The summed E-state index contributed by atoms with van der Waals surface area (Å²) in [4.78, 5) is 20.6. The van der Waals surface area contributed by atoms with Gasteiger partial charge < -0.3 is 15.1 Å². The predicted molar refractivity (Wildman–Crippen MR) is 125 cm³/mol. The van der Waals surface area contributed by atoms with Crippen molar-refractivity contribution >= 4 is 31.6 Å². The topological polar surface area (TPSA) is 118 Å². The number of fused-ring (bicyclic) bond motifs is 2. The Kier molecular flexibility index (Phi) is 5.13. The Morgan fingerprint density at radius 3 is 2.62 bits per heavy atom. The van der Waals surface area contributed by atoms with Crippen LogP contribution in [0.4, 0.5) is 0 Å². The molecular weight excluding hydrogens is 428 g/mol. The van der Waals surface area contributed by atoms with E-state index in [1.54, 1.807) is 4.90 Å². The molecule has 2 unspecified atom stereocenters. The summed E-state index contributed by atoms with van der Waals surface area (Å²) in [7, 11) is -3.42. The zero-order chi connectivity index (χ0) is 22.5. The van der Waals surface area contributed by atoms with E-state index < -0.39 is 21.4 Å². The van der Waals surface area contributed by atoms with Crippen LogP contribution in [0.3, 0.4) is 0 Å². The average molecular weight is 453 g/mol. The Hall–Kier alpha value is -2.98. The first-order valence-corrected chi connectivity index (χ1v) is 12.3. The number of hydrogen-bond donors (Lipinski definition) is 4. The van der Waals surface area contributed by atoms with Crippen molar-refractivity contribution in [1.82, 2.24) is 20.2 Å². The minimum absolute atomic E-state index is 0.161. The number of pyridine rings is 1. The fourth-order valence-corrected chi connectivity index (χ4v) is 5.37. The van der Waals surface area contributed by atoms with Crippen molar-refractivity contribution in [2.24, 2.45) is 0 Å². The lowest BCUT2D eigenvalue weighted by atomic mass is 10.1. The number of hydrogen-bond acceptors (Lipinski definition) is 6. The Morgan fingerprint density at radius 1 is 1.03 bits per heavy atom. The van der Waals surface area contributed by atoms with E-state index in [0.717, 1.165) is 39.3 Å². The number of piperazine rings is 1. The third-order valence-electron chi connectivity index (χ3n) is 5.97. The second kappa shape index (κ2) is 7.86. The number of nitrogens with zero attached hydrogens (tertiary/aromatic N) is 1. The number of aromatic nitrogens is 2. The molecule has 1 saturated heterocycles. The maximum atomic E-state index is 12.6. The van der Waals surface area contributed by atoms with Gasteiger partial charge in [-0.1, -0.05) is 24.3 Å². The van der Waals surface area contributed by atoms with Gasteiger partial charge in [0.2, 0.25) is 0 Å². The number of aliphatic hydroxyl groups excluding tert-OH is 1. The lowest BCUT2D eigenvalue weighted by molar-refractivity contribution is -0.0293. The van der Waals surface area contributed by atoms with Crippen molar-refractivity contribution in [3.63, 3.8) is 0 Å². The lowest BCUT2D eigenvalue weighted by Gasteiger charge is -2.37. The fourth-order valence-electron chi connectivity index (χ4n) is 4.33. The fraction of sp³-hybridized carbons (Fsp3) is 0.261. The maximum Gasteiger partial charge on any atom is 0.257 e. The molecular formula is C23H24N4O4S. The second-order valence-electron chi connectivity index (χ2n) is 8.29. The van der Waals surface area contributed by atoms with Gasteiger partial charge in [0, 0.05) is 42.3 Å². The van der Waals surface area contributed by atoms with Crippen LogP contribution in [0.25, 0.3) is 33.1 Å². The van der Waals surface area contributed by atoms with E-state index in [-0.39, 0.29) is 5.56 Å². The molecule has 32 heavy (non-hydrogen) atoms. The normalized spacial score (nSPS) is 20.2. The highest BCUT2D eigenvalue weighted by molar-refractivity contribution is 7.91. The van der Waals surface area contributed by atoms with Crippen LogP contribution < -0.4 is 10.9 Å². The standard InChI is InChI=1S/C23H24N4O4S/c1-32(30,31)22-23(29)27(9-8-24-22)13-14-6-7-19-16(10-14)12-20(25-19)17-11-15-4-2-3-5-18(15)26-21(17)28/h2-7,10-12,22-25,29H,8-9,13H2,1H3,(H,26,28). The number of aliphatic hydroxyl groups is 1. The summed E-state index contributed by atoms with van der Waals surface area (Å²) < 4.78 is 23.9. The molecule has 8 nitrogen and oxygen atoms in total. The molecule has 1 aliphatic rings. The molecule has 5 rings (SSSR count). The van der Waals surface area contributed by atoms with Gasteiger partial charge in [-0.2, -0.15) is 0 Å². The zero-order valence-electron chi connectivity index (χ0n) is 17.5. The van der Waals surface area contributed by atoms with Crippen LogP contribution in [0.5, 0.6) is 0 Å². The molecule has 2 aromatic heterocycles. The Labute approximate surface area is 184 Å². The van der Waals surface area contributed by atoms with E-state index in [1.165, 1.54) is 0 Å². The molecule has 3 heterocycles. The second-order valence-corrected chi connectivity index (χ2v) is 10.5. The van der Waals surface area contributed by atoms with Gasteiger partial charge in [0.15, 0.2) is 15.2 Å². The molecule has 0 bridgehead atoms. The highest BCUT2D eigenvalue weighted by Gasteiger charge is 2.36. The van der Waals surface area contributed by atoms with Crippen molar-refractivity contribution in [3.8, 4) is 11.3 Å². The van der Waals surface area contributed by atoms with E-state index in [2.05, 4.69) is 15.3 Å². The van der Waals surface area contributed by atoms with Crippen molar-refractivity contribution in [2.75, 3.05) is 19.3 Å². The van der Waals surface area contributed by atoms with Crippen molar-refractivity contribution in [2.45, 2.75) is 18.1 Å². The summed E-state index contributed by atoms with van der Waals surface area (Å²) in [5.41, 5.74) is 3.76. The van der Waals surface area contributed by atoms with Crippen LogP contribution in [0.1, 0.15) is 5.56 Å². The van der Waals surface area contributed by atoms with Crippen LogP contribution in [0.15, 0.2) is 59.4 Å². The van der Waals surface area contributed by atoms with E-state index in [0.29, 0.717) is 25.2 Å². The van der Waals surface area contributed by atoms with Gasteiger partial charge in [-0.25, -0.2) is 8.42 Å². The number of rotatable bonds is 4. The first-order chi connectivity index (χ1) is 15.3. The zero-order valence-corrected chi connectivity index (χ0v) is 18.3. The first kappa shape index (κ1) is 20.9. The molecule has 0 amide bonds. The summed E-state index contributed by atoms with van der Waals surface area (Å²) in [5.74, 6) is 0. The van der Waals surface area contributed by atoms with Crippen molar-refractivity contribution in [1.29, 1.82) is 0 Å². The van der Waals surface area contributed by atoms with Gasteiger partial charge in [-0.05, 0) is 41.3 Å². The van der Waals surface area contributed by atoms with E-state index in [9.17, 15) is 18.3 Å². The van der Waals surface area contributed by atoms with Crippen LogP contribution in [0.2, 0.25) is 0 Å². The molecule has 0 radical (unpaired) electrons. The molecule has 2 atom stereocenters. The predicted octanol–water partition coefficient (Wildman–Crippen LogP) is 1.77. The van der Waals surface area contributed by atoms with Crippen LogP contribution in [-0.4, -0.2) is 59.3 Å². The molecule has 166 valence electrons. The highest BCUT2D eigenvalue weighted by atomic mass is 32.2. The van der Waals surface area contributed by atoms with Crippen LogP contribution in [-0.2, 0) is 16.4 Å². The lowest BCUT2D eigenvalue weighted by Crippen LogP contribution is -2.60. The minimum Gasteiger partial charge on any atom is -0.376 e. The number of H-pyrrole nitrogens is 2. The molecule has 4 N–H and O–H groups in total. The number of aromatic amines is 2. The molecule has 4 aromatic rings. The maximum absolute atomic E-state index is 12.6. The third kappa shape index (κ3) is 3.84. The summed E-state index contributed by atoms with van der Waals surface area (Å²) in [5, 5.41) is 14.3. The quantitative estimate of drug-likeness (QED) is 0.375. The summed E-state index contributed by atoms with van der Waals surface area (Å²) in [6.07, 6.45) is 0.00612. The first-order valence-electron chi connectivity index (χ1n) is 10.4. The van der Waals surface area contributed by atoms with Gasteiger partial charge in [-0.15, -0.1) is 0 Å². The monoisotopic (exact) mass is 452 g/mol. The molecule has 2 aromatic carbocycles. The van der Waals surface area contributed by atoms with E-state index in [4.69, 9.17) is 0 Å². The van der Waals surface area contributed by atoms with Crippen LogP contribution >= 0.6 is 0 Å². The van der Waals surface area contributed by atoms with Gasteiger partial charge in [0.25, 0.3) is 5.56 Å². The Bertz CT molecular complexity index is 1470. The molecule has 0 spiro atoms. The Morgan fingerprint density at radius 2 is 1.81 bits per heavy atom. The summed E-state index contributed by atoms with van der Waals surface area (Å²) in [6.45, 7) is 1.44. The average Bonchev–Trinajstić information content (AvgIpc) is 3.17. The molecule has 1 aliphatic heterocycles. The smallest absolute Gasteiger partial charge is 0.257 e. The van der Waals surface area contributed by atoms with Gasteiger partial charge in [0.1, 0.15) is 6.23 Å². The largest absolute Gasteiger partial charge is 0.376 e. The van der Waals surface area contributed by atoms with Gasteiger partial charge in [-0.3, -0.25) is 15.0 Å². The number of benzene rings is 2. The van der Waals surface area contributed by atoms with Gasteiger partial charge >= 0.3 is 0 Å².